The summed E-state index contributed by atoms with van der Waals surface area (Å²) in [7, 11) is 0. The summed E-state index contributed by atoms with van der Waals surface area (Å²) in [4.78, 5) is 23.8. The topological polar surface area (TPSA) is 151 Å². The number of aliphatic hydroxyl groups is 3. The van der Waals surface area contributed by atoms with Crippen molar-refractivity contribution >= 4 is 11.9 Å². The largest absolute Gasteiger partial charge is 0.462 e. The lowest BCUT2D eigenvalue weighted by atomic mass is 9.97. The summed E-state index contributed by atoms with van der Waals surface area (Å²) in [6.07, 6.45) is -4.56. The normalized spacial score (nSPS) is 28.4. The quantitative estimate of drug-likeness (QED) is 0.345. The number of benzene rings is 1. The lowest BCUT2D eigenvalue weighted by Crippen LogP contribution is -2.64. The van der Waals surface area contributed by atoms with Gasteiger partial charge in [0.15, 0.2) is 6.29 Å². The maximum atomic E-state index is 12.1. The second kappa shape index (κ2) is 10.5. The van der Waals surface area contributed by atoms with E-state index in [0.717, 1.165) is 5.56 Å². The van der Waals surface area contributed by atoms with Crippen LogP contribution in [0.3, 0.4) is 0 Å². The van der Waals surface area contributed by atoms with Gasteiger partial charge >= 0.3 is 5.97 Å². The second-order valence-corrected chi connectivity index (χ2v) is 6.82. The highest BCUT2D eigenvalue weighted by Crippen LogP contribution is 2.20. The number of aliphatic hydroxyl groups excluding tert-OH is 3. The van der Waals surface area contributed by atoms with Gasteiger partial charge in [0, 0.05) is 6.42 Å². The van der Waals surface area contributed by atoms with Crippen LogP contribution in [-0.4, -0.2) is 70.5 Å². The van der Waals surface area contributed by atoms with E-state index >= 15 is 0 Å². The SMILES string of the molecule is CCCC(=O)N[C@H]1C(O)O[C@H](COC(=O)C(N)Cc2ccccc2)[C@@H](O)[C@@H]1O. The van der Waals surface area contributed by atoms with Crippen LogP contribution in [0, 0.1) is 0 Å². The van der Waals surface area contributed by atoms with Crippen molar-refractivity contribution in [3.63, 3.8) is 0 Å². The van der Waals surface area contributed by atoms with Gasteiger partial charge in [0.05, 0.1) is 0 Å². The Hall–Kier alpha value is -2.04. The molecule has 0 bridgehead atoms. The Morgan fingerprint density at radius 3 is 2.54 bits per heavy atom. The van der Waals surface area contributed by atoms with Crippen molar-refractivity contribution in [2.45, 2.75) is 62.9 Å². The predicted octanol–water partition coefficient (Wildman–Crippen LogP) is -1.18. The summed E-state index contributed by atoms with van der Waals surface area (Å²) in [5, 5.41) is 32.9. The van der Waals surface area contributed by atoms with Crippen LogP contribution in [0.2, 0.25) is 0 Å². The first-order valence-corrected chi connectivity index (χ1v) is 9.28. The number of ether oxygens (including phenoxy) is 2. The molecule has 9 heteroatoms. The molecular weight excluding hydrogens is 368 g/mol. The maximum absolute atomic E-state index is 12.1. The highest BCUT2D eigenvalue weighted by atomic mass is 16.6. The van der Waals surface area contributed by atoms with Gasteiger partial charge in [-0.25, -0.2) is 0 Å². The molecule has 0 aliphatic carbocycles. The van der Waals surface area contributed by atoms with Crippen molar-refractivity contribution in [1.29, 1.82) is 0 Å². The lowest BCUT2D eigenvalue weighted by Gasteiger charge is -2.40. The third kappa shape index (κ3) is 5.98. The van der Waals surface area contributed by atoms with Gasteiger partial charge in [0.2, 0.25) is 5.91 Å². The van der Waals surface area contributed by atoms with E-state index in [1.54, 1.807) is 0 Å². The van der Waals surface area contributed by atoms with Crippen LogP contribution in [-0.2, 0) is 25.5 Å². The van der Waals surface area contributed by atoms with Crippen molar-refractivity contribution < 1.29 is 34.4 Å². The van der Waals surface area contributed by atoms with Crippen LogP contribution < -0.4 is 11.1 Å². The van der Waals surface area contributed by atoms with Crippen LogP contribution in [0.25, 0.3) is 0 Å². The molecule has 0 aromatic heterocycles. The number of amides is 1. The minimum atomic E-state index is -1.55. The summed E-state index contributed by atoms with van der Waals surface area (Å²) in [6, 6.07) is 7.10. The average Bonchev–Trinajstić information content (AvgIpc) is 2.67. The summed E-state index contributed by atoms with van der Waals surface area (Å²) < 4.78 is 10.3. The van der Waals surface area contributed by atoms with Crippen LogP contribution in [0.15, 0.2) is 30.3 Å². The first-order chi connectivity index (χ1) is 13.3. The molecule has 6 atom stereocenters. The number of carbonyl (C=O) groups is 2. The van der Waals surface area contributed by atoms with Crippen LogP contribution in [0.1, 0.15) is 25.3 Å². The Balaban J connectivity index is 1.85. The smallest absolute Gasteiger partial charge is 0.323 e. The summed E-state index contributed by atoms with van der Waals surface area (Å²) in [5.74, 6) is -1.07. The van der Waals surface area contributed by atoms with E-state index in [2.05, 4.69) is 5.32 Å². The molecule has 1 fully saturated rings. The molecule has 1 heterocycles. The highest BCUT2D eigenvalue weighted by molar-refractivity contribution is 5.76. The summed E-state index contributed by atoms with van der Waals surface area (Å²) in [5.41, 5.74) is 6.71. The molecule has 0 radical (unpaired) electrons. The van der Waals surface area contributed by atoms with Gasteiger partial charge in [-0.2, -0.15) is 0 Å². The molecule has 1 aromatic rings. The van der Waals surface area contributed by atoms with Gasteiger partial charge in [-0.15, -0.1) is 0 Å². The van der Waals surface area contributed by atoms with Gasteiger partial charge in [-0.05, 0) is 18.4 Å². The van der Waals surface area contributed by atoms with E-state index in [1.165, 1.54) is 0 Å². The van der Waals surface area contributed by atoms with Crippen molar-refractivity contribution in [1.82, 2.24) is 5.32 Å². The Labute approximate surface area is 163 Å². The Morgan fingerprint density at radius 1 is 1.21 bits per heavy atom. The van der Waals surface area contributed by atoms with E-state index in [1.807, 2.05) is 37.3 Å². The second-order valence-electron chi connectivity index (χ2n) is 6.82. The molecular formula is C19H28N2O7. The zero-order valence-corrected chi connectivity index (χ0v) is 15.7. The number of hydrogen-bond donors (Lipinski definition) is 5. The fourth-order valence-electron chi connectivity index (χ4n) is 2.95. The molecule has 0 saturated carbocycles. The minimum Gasteiger partial charge on any atom is -0.462 e. The molecule has 156 valence electrons. The molecule has 0 spiro atoms. The van der Waals surface area contributed by atoms with Gasteiger partial charge in [0.1, 0.15) is 37.0 Å². The summed E-state index contributed by atoms with van der Waals surface area (Å²) >= 11 is 0. The number of nitrogens with two attached hydrogens (primary N) is 1. The van der Waals surface area contributed by atoms with Gasteiger partial charge in [-0.3, -0.25) is 9.59 Å². The number of carbonyl (C=O) groups excluding carboxylic acids is 2. The van der Waals surface area contributed by atoms with Crippen molar-refractivity contribution in [2.24, 2.45) is 5.73 Å². The number of esters is 1. The van der Waals surface area contributed by atoms with Crippen molar-refractivity contribution in [3.05, 3.63) is 35.9 Å². The van der Waals surface area contributed by atoms with Crippen molar-refractivity contribution in [2.75, 3.05) is 6.61 Å². The van der Waals surface area contributed by atoms with E-state index < -0.39 is 49.3 Å². The first kappa shape index (κ1) is 22.3. The third-order valence-electron chi connectivity index (χ3n) is 4.52. The molecule has 2 unspecified atom stereocenters. The van der Waals surface area contributed by atoms with E-state index in [4.69, 9.17) is 15.2 Å². The number of nitrogens with one attached hydrogen (secondary N) is 1. The highest BCUT2D eigenvalue weighted by Gasteiger charge is 2.45. The molecule has 1 aromatic carbocycles. The minimum absolute atomic E-state index is 0.215. The fourth-order valence-corrected chi connectivity index (χ4v) is 2.95. The fraction of sp³-hybridized carbons (Fsp3) is 0.579. The lowest BCUT2D eigenvalue weighted by molar-refractivity contribution is -0.255. The molecule has 1 amide bonds. The van der Waals surface area contributed by atoms with Gasteiger partial charge in [-0.1, -0.05) is 37.3 Å². The first-order valence-electron chi connectivity index (χ1n) is 9.28. The van der Waals surface area contributed by atoms with E-state index in [9.17, 15) is 24.9 Å². The summed E-state index contributed by atoms with van der Waals surface area (Å²) in [6.45, 7) is 1.41. The average molecular weight is 396 g/mol. The standard InChI is InChI=1S/C19H28N2O7/c1-2-6-14(22)21-15-17(24)16(23)13(28-19(15)26)10-27-18(25)12(20)9-11-7-4-3-5-8-11/h3-5,7-8,12-13,15-17,19,23-24,26H,2,6,9-10,20H2,1H3,(H,21,22)/t12?,13-,15-,16-,17-,19?/m1/s1. The number of rotatable bonds is 8. The van der Waals surface area contributed by atoms with E-state index in [0.29, 0.717) is 6.42 Å². The zero-order valence-electron chi connectivity index (χ0n) is 15.7. The molecule has 6 N–H and O–H groups in total. The molecule has 1 saturated heterocycles. The Kier molecular flexibility index (Phi) is 8.34. The molecule has 9 nitrogen and oxygen atoms in total. The van der Waals surface area contributed by atoms with Gasteiger partial charge < -0.3 is 35.8 Å². The van der Waals surface area contributed by atoms with E-state index in [-0.39, 0.29) is 18.7 Å². The zero-order chi connectivity index (χ0) is 20.7. The van der Waals surface area contributed by atoms with Gasteiger partial charge in [0.25, 0.3) is 0 Å². The van der Waals surface area contributed by atoms with Crippen LogP contribution in [0.5, 0.6) is 0 Å². The predicted molar refractivity (Wildman–Crippen MR) is 98.8 cm³/mol. The molecule has 1 aliphatic heterocycles. The Morgan fingerprint density at radius 2 is 1.89 bits per heavy atom. The monoisotopic (exact) mass is 396 g/mol. The molecule has 1 aliphatic rings. The van der Waals surface area contributed by atoms with Crippen molar-refractivity contribution in [3.8, 4) is 0 Å². The Bertz CT molecular complexity index is 642. The molecule has 28 heavy (non-hydrogen) atoms. The number of hydrogen-bond acceptors (Lipinski definition) is 8. The van der Waals surface area contributed by atoms with Crippen LogP contribution >= 0.6 is 0 Å². The third-order valence-corrected chi connectivity index (χ3v) is 4.52. The van der Waals surface area contributed by atoms with Crippen LogP contribution in [0.4, 0.5) is 0 Å². The molecule has 2 rings (SSSR count). The maximum Gasteiger partial charge on any atom is 0.323 e.